The number of aryl methyl sites for hydroxylation is 3. The van der Waals surface area contributed by atoms with Gasteiger partial charge < -0.3 is 13.9 Å². The molecule has 1 atom stereocenters. The van der Waals surface area contributed by atoms with Gasteiger partial charge in [0.05, 0.1) is 12.1 Å². The molecule has 0 aromatic carbocycles. The zero-order valence-electron chi connectivity index (χ0n) is 18.3. The molecule has 164 valence electrons. The molecule has 1 aliphatic carbocycles. The van der Waals surface area contributed by atoms with Crippen LogP contribution in [0.1, 0.15) is 56.0 Å². The van der Waals surface area contributed by atoms with Crippen molar-refractivity contribution in [3.8, 4) is 17.3 Å². The number of rotatable bonds is 5. The summed E-state index contributed by atoms with van der Waals surface area (Å²) in [5.41, 5.74) is 2.26. The maximum Gasteiger partial charge on any atom is 0.245 e. The molecular weight excluding hydrogens is 406 g/mol. The third-order valence-corrected chi connectivity index (χ3v) is 6.53. The van der Waals surface area contributed by atoms with E-state index < -0.39 is 0 Å². The van der Waals surface area contributed by atoms with Gasteiger partial charge in [0.15, 0.2) is 11.2 Å². The van der Waals surface area contributed by atoms with Gasteiger partial charge in [-0.25, -0.2) is 19.9 Å². The molecule has 10 heteroatoms. The van der Waals surface area contributed by atoms with Gasteiger partial charge >= 0.3 is 0 Å². The number of fused-ring (bicyclic) bond motifs is 2. The summed E-state index contributed by atoms with van der Waals surface area (Å²) in [4.78, 5) is 22.4. The van der Waals surface area contributed by atoms with E-state index in [4.69, 9.17) is 9.72 Å². The molecule has 2 aliphatic rings. The highest BCUT2D eigenvalue weighted by atomic mass is 16.5. The van der Waals surface area contributed by atoms with E-state index in [0.717, 1.165) is 53.9 Å². The van der Waals surface area contributed by atoms with Crippen LogP contribution in [-0.4, -0.2) is 50.4 Å². The van der Waals surface area contributed by atoms with Crippen molar-refractivity contribution in [2.45, 2.75) is 71.1 Å². The molecular formula is C22H25N9O. The van der Waals surface area contributed by atoms with Crippen LogP contribution in [0.4, 0.5) is 0 Å². The van der Waals surface area contributed by atoms with E-state index in [0.29, 0.717) is 23.9 Å². The number of nitrogens with zero attached hydrogens (tertiary/aromatic N) is 9. The number of aromatic nitrogens is 9. The fourth-order valence-electron chi connectivity index (χ4n) is 4.57. The SMILES string of the molecule is CCn1c(-c2cnc(C)nc2)nc2c(OC3CCc4nnc(C5CCC5)n4C3)ncnc21. The summed E-state index contributed by atoms with van der Waals surface area (Å²) in [5.74, 6) is 4.73. The van der Waals surface area contributed by atoms with Crippen LogP contribution >= 0.6 is 0 Å². The Morgan fingerprint density at radius 1 is 1.06 bits per heavy atom. The fraction of sp³-hybridized carbons (Fsp3) is 0.500. The van der Waals surface area contributed by atoms with Crippen LogP contribution in [0.25, 0.3) is 22.6 Å². The van der Waals surface area contributed by atoms with E-state index in [2.05, 4.69) is 41.6 Å². The summed E-state index contributed by atoms with van der Waals surface area (Å²) in [6, 6.07) is 0. The predicted molar refractivity (Wildman–Crippen MR) is 116 cm³/mol. The summed E-state index contributed by atoms with van der Waals surface area (Å²) < 4.78 is 10.7. The Morgan fingerprint density at radius 2 is 1.91 bits per heavy atom. The van der Waals surface area contributed by atoms with Gasteiger partial charge in [-0.15, -0.1) is 10.2 Å². The topological polar surface area (TPSA) is 109 Å². The van der Waals surface area contributed by atoms with Crippen molar-refractivity contribution < 1.29 is 4.74 Å². The zero-order chi connectivity index (χ0) is 21.7. The lowest BCUT2D eigenvalue weighted by molar-refractivity contribution is 0.147. The van der Waals surface area contributed by atoms with E-state index >= 15 is 0 Å². The second-order valence-corrected chi connectivity index (χ2v) is 8.54. The largest absolute Gasteiger partial charge is 0.471 e. The summed E-state index contributed by atoms with van der Waals surface area (Å²) in [7, 11) is 0. The van der Waals surface area contributed by atoms with Crippen molar-refractivity contribution in [2.24, 2.45) is 0 Å². The molecule has 0 amide bonds. The number of hydrogen-bond acceptors (Lipinski definition) is 8. The van der Waals surface area contributed by atoms with Crippen LogP contribution in [0.5, 0.6) is 5.88 Å². The average molecular weight is 432 g/mol. The molecule has 6 rings (SSSR count). The van der Waals surface area contributed by atoms with Crippen molar-refractivity contribution in [1.82, 2.24) is 44.3 Å². The van der Waals surface area contributed by atoms with E-state index in [1.165, 1.54) is 19.3 Å². The first-order chi connectivity index (χ1) is 15.7. The van der Waals surface area contributed by atoms with E-state index in [1.807, 2.05) is 11.5 Å². The second-order valence-electron chi connectivity index (χ2n) is 8.54. The zero-order valence-corrected chi connectivity index (χ0v) is 18.3. The first-order valence-electron chi connectivity index (χ1n) is 11.3. The lowest BCUT2D eigenvalue weighted by atomic mass is 9.84. The molecule has 0 saturated heterocycles. The quantitative estimate of drug-likeness (QED) is 0.474. The fourth-order valence-corrected chi connectivity index (χ4v) is 4.57. The van der Waals surface area contributed by atoms with Gasteiger partial charge in [-0.1, -0.05) is 6.42 Å². The Hall–Kier alpha value is -3.43. The Balaban J connectivity index is 1.33. The number of ether oxygens (including phenoxy) is 1. The Bertz CT molecular complexity index is 1270. The number of hydrogen-bond donors (Lipinski definition) is 0. The molecule has 0 N–H and O–H groups in total. The molecule has 1 fully saturated rings. The van der Waals surface area contributed by atoms with Crippen LogP contribution in [0.3, 0.4) is 0 Å². The first-order valence-corrected chi connectivity index (χ1v) is 11.3. The van der Waals surface area contributed by atoms with Crippen LogP contribution in [0.2, 0.25) is 0 Å². The third kappa shape index (κ3) is 3.12. The summed E-state index contributed by atoms with van der Waals surface area (Å²) in [6.45, 7) is 5.39. The minimum Gasteiger partial charge on any atom is -0.471 e. The molecule has 1 unspecified atom stereocenters. The normalized spacial score (nSPS) is 18.5. The Labute approximate surface area is 185 Å². The van der Waals surface area contributed by atoms with Crippen molar-refractivity contribution in [3.05, 3.63) is 36.2 Å². The van der Waals surface area contributed by atoms with Gasteiger partial charge in [0.2, 0.25) is 5.88 Å². The smallest absolute Gasteiger partial charge is 0.245 e. The van der Waals surface area contributed by atoms with Gasteiger partial charge in [0.25, 0.3) is 0 Å². The van der Waals surface area contributed by atoms with Gasteiger partial charge in [0.1, 0.15) is 35.7 Å². The van der Waals surface area contributed by atoms with Gasteiger partial charge in [0, 0.05) is 31.3 Å². The maximum absolute atomic E-state index is 6.41. The molecule has 1 aliphatic heterocycles. The molecule has 32 heavy (non-hydrogen) atoms. The highest BCUT2D eigenvalue weighted by Gasteiger charge is 2.31. The lowest BCUT2D eigenvalue weighted by Gasteiger charge is -2.29. The lowest BCUT2D eigenvalue weighted by Crippen LogP contribution is -2.32. The monoisotopic (exact) mass is 431 g/mol. The predicted octanol–water partition coefficient (Wildman–Crippen LogP) is 2.86. The molecule has 0 radical (unpaired) electrons. The minimum absolute atomic E-state index is 0.00615. The van der Waals surface area contributed by atoms with Crippen LogP contribution in [0.15, 0.2) is 18.7 Å². The summed E-state index contributed by atoms with van der Waals surface area (Å²) in [5, 5.41) is 8.90. The summed E-state index contributed by atoms with van der Waals surface area (Å²) >= 11 is 0. The van der Waals surface area contributed by atoms with Gasteiger partial charge in [-0.3, -0.25) is 0 Å². The standard InChI is InChI=1S/C22H25N9O/c1-3-30-19(15-9-23-13(2)24-10-15)27-18-21(30)25-12-26-22(18)32-16-7-8-17-28-29-20(31(17)11-16)14-5-4-6-14/h9-10,12,14,16H,3-8,11H2,1-2H3. The van der Waals surface area contributed by atoms with Gasteiger partial charge in [-0.2, -0.15) is 4.98 Å². The minimum atomic E-state index is -0.00615. The van der Waals surface area contributed by atoms with E-state index in [9.17, 15) is 0 Å². The van der Waals surface area contributed by atoms with Crippen molar-refractivity contribution in [3.63, 3.8) is 0 Å². The van der Waals surface area contributed by atoms with Crippen LogP contribution < -0.4 is 4.74 Å². The van der Waals surface area contributed by atoms with E-state index in [1.54, 1.807) is 18.7 Å². The first kappa shape index (κ1) is 19.3. The molecule has 10 nitrogen and oxygen atoms in total. The van der Waals surface area contributed by atoms with Gasteiger partial charge in [-0.05, 0) is 33.1 Å². The highest BCUT2D eigenvalue weighted by Crippen LogP contribution is 2.37. The molecule has 0 spiro atoms. The van der Waals surface area contributed by atoms with E-state index in [-0.39, 0.29) is 6.10 Å². The van der Waals surface area contributed by atoms with Crippen molar-refractivity contribution in [2.75, 3.05) is 0 Å². The number of imidazole rings is 1. The second kappa shape index (κ2) is 7.61. The van der Waals surface area contributed by atoms with Crippen LogP contribution in [0, 0.1) is 6.92 Å². The average Bonchev–Trinajstić information content (AvgIpc) is 3.35. The van der Waals surface area contributed by atoms with Crippen molar-refractivity contribution in [1.29, 1.82) is 0 Å². The Kier molecular flexibility index (Phi) is 4.58. The Morgan fingerprint density at radius 3 is 2.66 bits per heavy atom. The molecule has 5 heterocycles. The highest BCUT2D eigenvalue weighted by molar-refractivity contribution is 5.81. The molecule has 4 aromatic heterocycles. The third-order valence-electron chi connectivity index (χ3n) is 6.53. The molecule has 4 aromatic rings. The van der Waals surface area contributed by atoms with Crippen LogP contribution in [-0.2, 0) is 19.5 Å². The molecule has 0 bridgehead atoms. The molecule has 1 saturated carbocycles. The maximum atomic E-state index is 6.41. The van der Waals surface area contributed by atoms with Crippen molar-refractivity contribution >= 4 is 11.2 Å². The summed E-state index contributed by atoms with van der Waals surface area (Å²) in [6.07, 6.45) is 10.5.